The van der Waals surface area contributed by atoms with Gasteiger partial charge in [-0.25, -0.2) is 9.36 Å². The van der Waals surface area contributed by atoms with Gasteiger partial charge < -0.3 is 4.74 Å². The molecule has 0 unspecified atom stereocenters. The zero-order valence-electron chi connectivity index (χ0n) is 14.8. The van der Waals surface area contributed by atoms with E-state index in [1.54, 1.807) is 22.8 Å². The number of aromatic nitrogens is 2. The molecule has 0 saturated carbocycles. The third-order valence-corrected chi connectivity index (χ3v) is 5.91. The molecule has 26 heavy (non-hydrogen) atoms. The van der Waals surface area contributed by atoms with Crippen molar-refractivity contribution in [3.63, 3.8) is 0 Å². The Labute approximate surface area is 154 Å². The Kier molecular flexibility index (Phi) is 3.97. The van der Waals surface area contributed by atoms with E-state index in [2.05, 4.69) is 6.58 Å². The molecule has 4 rings (SSSR count). The number of hydrogen-bond acceptors (Lipinski definition) is 4. The van der Waals surface area contributed by atoms with Crippen LogP contribution in [0.25, 0.3) is 15.9 Å². The lowest BCUT2D eigenvalue weighted by molar-refractivity contribution is -0.0379. The molecule has 2 aromatic heterocycles. The van der Waals surface area contributed by atoms with Crippen LogP contribution in [0.4, 0.5) is 0 Å². The van der Waals surface area contributed by atoms with Crippen molar-refractivity contribution in [3.8, 4) is 5.69 Å². The first kappa shape index (κ1) is 17.0. The molecule has 134 valence electrons. The molecule has 1 aliphatic heterocycles. The van der Waals surface area contributed by atoms with Crippen LogP contribution >= 0.6 is 11.3 Å². The Morgan fingerprint density at radius 3 is 2.69 bits per heavy atom. The van der Waals surface area contributed by atoms with E-state index < -0.39 is 0 Å². The number of hydrogen-bond donors (Lipinski definition) is 0. The van der Waals surface area contributed by atoms with E-state index in [0.717, 1.165) is 10.4 Å². The average Bonchev–Trinajstić information content (AvgIpc) is 2.97. The Hall–Kier alpha value is -2.44. The standard InChI is InChI=1S/C20H20N2O3S/c1-4-10-21-18-16(14-11-20(2,3)25-12-15(14)26-18)17(23)22(19(21)24)13-8-6-5-7-9-13/h4-9H,1,10-12H2,2-3H3. The first-order chi connectivity index (χ1) is 12.4. The minimum atomic E-state index is -0.340. The van der Waals surface area contributed by atoms with Crippen molar-refractivity contribution in [2.75, 3.05) is 0 Å². The SMILES string of the molecule is C=CCn1c(=O)n(-c2ccccc2)c(=O)c2c3c(sc21)COC(C)(C)C3. The van der Waals surface area contributed by atoms with Gasteiger partial charge in [0.25, 0.3) is 5.56 Å². The zero-order valence-corrected chi connectivity index (χ0v) is 15.6. The third-order valence-electron chi connectivity index (χ3n) is 4.68. The van der Waals surface area contributed by atoms with Crippen LogP contribution in [-0.4, -0.2) is 14.7 Å². The molecule has 0 bridgehead atoms. The quantitative estimate of drug-likeness (QED) is 0.667. The highest BCUT2D eigenvalue weighted by atomic mass is 32.1. The van der Waals surface area contributed by atoms with Crippen molar-refractivity contribution in [2.45, 2.75) is 39.0 Å². The lowest BCUT2D eigenvalue weighted by atomic mass is 9.94. The first-order valence-corrected chi connectivity index (χ1v) is 9.35. The average molecular weight is 368 g/mol. The van der Waals surface area contributed by atoms with Gasteiger partial charge in [-0.05, 0) is 31.5 Å². The van der Waals surface area contributed by atoms with Gasteiger partial charge in [0, 0.05) is 17.8 Å². The summed E-state index contributed by atoms with van der Waals surface area (Å²) in [6.45, 7) is 8.63. The van der Waals surface area contributed by atoms with Crippen molar-refractivity contribution >= 4 is 21.6 Å². The summed E-state index contributed by atoms with van der Waals surface area (Å²) in [6, 6.07) is 9.06. The van der Waals surface area contributed by atoms with Gasteiger partial charge in [0.15, 0.2) is 0 Å². The van der Waals surface area contributed by atoms with Gasteiger partial charge in [-0.2, -0.15) is 0 Å². The van der Waals surface area contributed by atoms with Crippen LogP contribution in [0.3, 0.4) is 0 Å². The zero-order chi connectivity index (χ0) is 18.5. The van der Waals surface area contributed by atoms with E-state index in [9.17, 15) is 9.59 Å². The molecule has 0 N–H and O–H groups in total. The number of allylic oxidation sites excluding steroid dienone is 1. The predicted octanol–water partition coefficient (Wildman–Crippen LogP) is 3.25. The van der Waals surface area contributed by atoms with Crippen molar-refractivity contribution in [1.29, 1.82) is 0 Å². The minimum Gasteiger partial charge on any atom is -0.370 e. The molecule has 0 atom stereocenters. The highest BCUT2D eigenvalue weighted by Gasteiger charge is 2.31. The fourth-order valence-corrected chi connectivity index (χ4v) is 4.67. The summed E-state index contributed by atoms with van der Waals surface area (Å²) >= 11 is 1.48. The van der Waals surface area contributed by atoms with Crippen molar-refractivity contribution in [1.82, 2.24) is 9.13 Å². The van der Waals surface area contributed by atoms with Gasteiger partial charge in [0.05, 0.1) is 23.3 Å². The molecule has 0 aliphatic carbocycles. The second kappa shape index (κ2) is 6.07. The van der Waals surface area contributed by atoms with E-state index in [1.807, 2.05) is 32.0 Å². The highest BCUT2D eigenvalue weighted by Crippen LogP contribution is 2.37. The van der Waals surface area contributed by atoms with Gasteiger partial charge in [-0.3, -0.25) is 9.36 Å². The van der Waals surface area contributed by atoms with Crippen LogP contribution in [0.1, 0.15) is 24.3 Å². The third kappa shape index (κ3) is 2.57. The smallest absolute Gasteiger partial charge is 0.337 e. The number of benzene rings is 1. The van der Waals surface area contributed by atoms with Crippen LogP contribution in [0.5, 0.6) is 0 Å². The summed E-state index contributed by atoms with van der Waals surface area (Å²) < 4.78 is 8.80. The van der Waals surface area contributed by atoms with E-state index in [1.165, 1.54) is 15.9 Å². The highest BCUT2D eigenvalue weighted by molar-refractivity contribution is 7.18. The molecule has 6 heteroatoms. The second-order valence-electron chi connectivity index (χ2n) is 7.07. The van der Waals surface area contributed by atoms with Gasteiger partial charge in [0.2, 0.25) is 0 Å². The van der Waals surface area contributed by atoms with E-state index in [0.29, 0.717) is 35.5 Å². The van der Waals surface area contributed by atoms with Gasteiger partial charge in [0.1, 0.15) is 4.83 Å². The van der Waals surface area contributed by atoms with Crippen molar-refractivity contribution in [3.05, 3.63) is 74.3 Å². The Morgan fingerprint density at radius 2 is 2.00 bits per heavy atom. The van der Waals surface area contributed by atoms with E-state index in [-0.39, 0.29) is 16.9 Å². The minimum absolute atomic E-state index is 0.258. The largest absolute Gasteiger partial charge is 0.370 e. The van der Waals surface area contributed by atoms with Crippen LogP contribution in [-0.2, 0) is 24.3 Å². The molecular formula is C20H20N2O3S. The van der Waals surface area contributed by atoms with Gasteiger partial charge in [-0.1, -0.05) is 24.3 Å². The molecule has 3 heterocycles. The predicted molar refractivity (Wildman–Crippen MR) is 104 cm³/mol. The van der Waals surface area contributed by atoms with E-state index in [4.69, 9.17) is 4.74 Å². The van der Waals surface area contributed by atoms with Crippen molar-refractivity contribution in [2.24, 2.45) is 0 Å². The molecular weight excluding hydrogens is 348 g/mol. The number of nitrogens with zero attached hydrogens (tertiary/aromatic N) is 2. The molecule has 0 spiro atoms. The number of para-hydroxylation sites is 1. The topological polar surface area (TPSA) is 53.2 Å². The maximum absolute atomic E-state index is 13.3. The second-order valence-corrected chi connectivity index (χ2v) is 8.15. The molecule has 0 amide bonds. The summed E-state index contributed by atoms with van der Waals surface area (Å²) in [4.78, 5) is 28.2. The Morgan fingerprint density at radius 1 is 1.27 bits per heavy atom. The molecule has 1 aromatic carbocycles. The maximum atomic E-state index is 13.3. The van der Waals surface area contributed by atoms with Crippen molar-refractivity contribution < 1.29 is 4.74 Å². The monoisotopic (exact) mass is 368 g/mol. The van der Waals surface area contributed by atoms with Crippen LogP contribution in [0, 0.1) is 0 Å². The van der Waals surface area contributed by atoms with E-state index >= 15 is 0 Å². The lowest BCUT2D eigenvalue weighted by Gasteiger charge is -2.29. The fourth-order valence-electron chi connectivity index (χ4n) is 3.45. The summed E-state index contributed by atoms with van der Waals surface area (Å²) in [5.41, 5.74) is 0.658. The van der Waals surface area contributed by atoms with Gasteiger partial charge >= 0.3 is 5.69 Å². The van der Waals surface area contributed by atoms with Gasteiger partial charge in [-0.15, -0.1) is 17.9 Å². The summed E-state index contributed by atoms with van der Waals surface area (Å²) in [5.74, 6) is 0. The summed E-state index contributed by atoms with van der Waals surface area (Å²) in [5, 5.41) is 0.631. The number of thiophene rings is 1. The number of rotatable bonds is 3. The summed E-state index contributed by atoms with van der Waals surface area (Å²) in [6.07, 6.45) is 2.33. The normalized spacial score (nSPS) is 15.8. The number of fused-ring (bicyclic) bond motifs is 3. The molecule has 1 aliphatic rings. The molecule has 3 aromatic rings. The maximum Gasteiger partial charge on any atom is 0.337 e. The first-order valence-electron chi connectivity index (χ1n) is 8.53. The molecule has 0 fully saturated rings. The Bertz CT molecular complexity index is 1120. The fraction of sp³-hybridized carbons (Fsp3) is 0.300. The van der Waals surface area contributed by atoms with Crippen LogP contribution in [0.2, 0.25) is 0 Å². The van der Waals surface area contributed by atoms with Crippen LogP contribution in [0.15, 0.2) is 52.6 Å². The molecule has 0 saturated heterocycles. The summed E-state index contributed by atoms with van der Waals surface area (Å²) in [7, 11) is 0. The molecule has 0 radical (unpaired) electrons. The number of ether oxygens (including phenoxy) is 1. The van der Waals surface area contributed by atoms with Crippen LogP contribution < -0.4 is 11.2 Å². The molecule has 5 nitrogen and oxygen atoms in total. The Balaban J connectivity index is 2.13. The lowest BCUT2D eigenvalue weighted by Crippen LogP contribution is -2.39.